The van der Waals surface area contributed by atoms with Crippen molar-refractivity contribution < 1.29 is 13.2 Å². The summed E-state index contributed by atoms with van der Waals surface area (Å²) in [6.45, 7) is 3.89. The smallest absolute Gasteiger partial charge is 0.241 e. The van der Waals surface area contributed by atoms with Crippen LogP contribution in [0, 0.1) is 12.8 Å². The predicted octanol–water partition coefficient (Wildman–Crippen LogP) is 7.89. The second-order valence-electron chi connectivity index (χ2n) is 8.86. The van der Waals surface area contributed by atoms with E-state index in [1.165, 1.54) is 0 Å². The minimum Gasteiger partial charge on any atom is -0.286 e. The summed E-state index contributed by atoms with van der Waals surface area (Å²) in [6.07, 6.45) is 0. The molecule has 38 heavy (non-hydrogen) atoms. The Labute approximate surface area is 241 Å². The van der Waals surface area contributed by atoms with Crippen LogP contribution in [0.4, 0.5) is 0 Å². The van der Waals surface area contributed by atoms with Crippen LogP contribution in [-0.4, -0.2) is 18.8 Å². The fourth-order valence-electron chi connectivity index (χ4n) is 4.03. The molecule has 4 aromatic carbocycles. The van der Waals surface area contributed by atoms with Crippen LogP contribution in [0.15, 0.2) is 128 Å². The molecule has 8 heteroatoms. The largest absolute Gasteiger partial charge is 0.286 e. The van der Waals surface area contributed by atoms with E-state index in [9.17, 15) is 13.2 Å². The highest BCUT2D eigenvalue weighted by atomic mass is 79.9. The zero-order valence-electron chi connectivity index (χ0n) is 21.0. The number of nitrogens with one attached hydrogen (secondary N) is 1. The van der Waals surface area contributed by atoms with E-state index in [1.54, 1.807) is 36.0 Å². The van der Waals surface area contributed by atoms with Gasteiger partial charge in [0.15, 0.2) is 5.12 Å². The van der Waals surface area contributed by atoms with Gasteiger partial charge in [-0.25, -0.2) is 13.1 Å². The Hall–Kier alpha value is -2.36. The Morgan fingerprint density at radius 3 is 1.92 bits per heavy atom. The van der Waals surface area contributed by atoms with E-state index < -0.39 is 22.0 Å². The molecular weight excluding hydrogens is 598 g/mol. The van der Waals surface area contributed by atoms with E-state index in [-0.39, 0.29) is 15.3 Å². The third-order valence-electron chi connectivity index (χ3n) is 6.01. The number of hydrogen-bond acceptors (Lipinski definition) is 5. The van der Waals surface area contributed by atoms with Crippen molar-refractivity contribution in [1.29, 1.82) is 0 Å². The van der Waals surface area contributed by atoms with Crippen molar-refractivity contribution in [2.75, 3.05) is 0 Å². The number of aryl methyl sites for hydroxylation is 1. The standard InChI is InChI=1S/C30H28BrNO3S3/c1-21-13-19-27(20-14-21)38(34,35)32-29(23-15-17-24(31)18-16-23)28(22(2)36-25-9-5-3-6-10-25)30(33)37-26-11-7-4-8-12-26/h3-20,22,28-29,32H,1-2H3. The van der Waals surface area contributed by atoms with Crippen LogP contribution < -0.4 is 4.72 Å². The van der Waals surface area contributed by atoms with Crippen LogP contribution in [-0.2, 0) is 14.8 Å². The molecule has 0 fully saturated rings. The molecule has 4 nitrogen and oxygen atoms in total. The molecular formula is C30H28BrNO3S3. The Balaban J connectivity index is 1.77. The van der Waals surface area contributed by atoms with Crippen LogP contribution in [0.1, 0.15) is 24.1 Å². The highest BCUT2D eigenvalue weighted by Gasteiger charge is 2.38. The molecule has 0 aromatic heterocycles. The van der Waals surface area contributed by atoms with Gasteiger partial charge in [-0.3, -0.25) is 4.79 Å². The van der Waals surface area contributed by atoms with Gasteiger partial charge in [-0.1, -0.05) is 101 Å². The fourth-order valence-corrected chi connectivity index (χ4v) is 7.80. The topological polar surface area (TPSA) is 63.2 Å². The van der Waals surface area contributed by atoms with Crippen molar-refractivity contribution in [3.63, 3.8) is 0 Å². The lowest BCUT2D eigenvalue weighted by atomic mass is 9.92. The molecule has 1 N–H and O–H groups in total. The summed E-state index contributed by atoms with van der Waals surface area (Å²) >= 11 is 6.18. The summed E-state index contributed by atoms with van der Waals surface area (Å²) in [7, 11) is -3.92. The maximum Gasteiger partial charge on any atom is 0.241 e. The van der Waals surface area contributed by atoms with Crippen LogP contribution in [0.2, 0.25) is 0 Å². The summed E-state index contributed by atoms with van der Waals surface area (Å²) in [6, 6.07) is 32.7. The number of sulfonamides is 1. The van der Waals surface area contributed by atoms with Gasteiger partial charge in [-0.2, -0.15) is 0 Å². The van der Waals surface area contributed by atoms with E-state index in [2.05, 4.69) is 20.7 Å². The van der Waals surface area contributed by atoms with Crippen LogP contribution in [0.5, 0.6) is 0 Å². The summed E-state index contributed by atoms with van der Waals surface area (Å²) in [4.78, 5) is 16.0. The minimum atomic E-state index is -3.92. The molecule has 0 amide bonds. The molecule has 0 saturated heterocycles. The summed E-state index contributed by atoms with van der Waals surface area (Å²) in [5, 5.41) is -0.345. The van der Waals surface area contributed by atoms with Crippen LogP contribution in [0.3, 0.4) is 0 Å². The number of carbonyl (C=O) groups excluding carboxylic acids is 1. The molecule has 0 aliphatic heterocycles. The van der Waals surface area contributed by atoms with Crippen molar-refractivity contribution >= 4 is 54.6 Å². The Morgan fingerprint density at radius 1 is 0.789 bits per heavy atom. The maximum absolute atomic E-state index is 14.0. The number of thioether (sulfide) groups is 2. The van der Waals surface area contributed by atoms with Crippen LogP contribution >= 0.6 is 39.5 Å². The van der Waals surface area contributed by atoms with E-state index >= 15 is 0 Å². The Morgan fingerprint density at radius 2 is 1.34 bits per heavy atom. The average Bonchev–Trinajstić information content (AvgIpc) is 2.90. The van der Waals surface area contributed by atoms with Crippen molar-refractivity contribution in [1.82, 2.24) is 4.72 Å². The van der Waals surface area contributed by atoms with E-state index in [1.807, 2.05) is 98.8 Å². The van der Waals surface area contributed by atoms with Crippen molar-refractivity contribution in [2.24, 2.45) is 5.92 Å². The minimum absolute atomic E-state index is 0.105. The second kappa shape index (κ2) is 13.1. The molecule has 0 heterocycles. The number of halogens is 1. The summed E-state index contributed by atoms with van der Waals surface area (Å²) in [5.41, 5.74) is 1.69. The molecule has 0 aliphatic carbocycles. The maximum atomic E-state index is 14.0. The molecule has 0 radical (unpaired) electrons. The van der Waals surface area contributed by atoms with Gasteiger partial charge in [0.05, 0.1) is 16.9 Å². The van der Waals surface area contributed by atoms with Gasteiger partial charge in [-0.05, 0) is 61.0 Å². The number of benzene rings is 4. The molecule has 3 unspecified atom stereocenters. The van der Waals surface area contributed by atoms with Gasteiger partial charge in [0.2, 0.25) is 10.0 Å². The molecule has 4 rings (SSSR count). The third kappa shape index (κ3) is 7.61. The lowest BCUT2D eigenvalue weighted by Crippen LogP contribution is -2.40. The third-order valence-corrected chi connectivity index (χ3v) is 10.2. The van der Waals surface area contributed by atoms with Gasteiger partial charge in [0.25, 0.3) is 0 Å². The van der Waals surface area contributed by atoms with E-state index in [0.29, 0.717) is 0 Å². The summed E-state index contributed by atoms with van der Waals surface area (Å²) in [5.74, 6) is -0.674. The van der Waals surface area contributed by atoms with E-state index in [4.69, 9.17) is 0 Å². The Kier molecular flexibility index (Phi) is 9.90. The van der Waals surface area contributed by atoms with Gasteiger partial charge in [0, 0.05) is 19.5 Å². The predicted molar refractivity (Wildman–Crippen MR) is 161 cm³/mol. The molecule has 0 saturated carbocycles. The van der Waals surface area contributed by atoms with E-state index in [0.717, 1.165) is 37.2 Å². The van der Waals surface area contributed by atoms with Gasteiger partial charge in [0.1, 0.15) is 0 Å². The lowest BCUT2D eigenvalue weighted by Gasteiger charge is -2.31. The zero-order valence-corrected chi connectivity index (χ0v) is 25.0. The number of hydrogen-bond donors (Lipinski definition) is 1. The fraction of sp³-hybridized carbons (Fsp3) is 0.167. The van der Waals surface area contributed by atoms with Crippen molar-refractivity contribution in [2.45, 2.75) is 39.8 Å². The van der Waals surface area contributed by atoms with Crippen molar-refractivity contribution in [3.8, 4) is 0 Å². The SMILES string of the molecule is Cc1ccc(S(=O)(=O)NC(c2ccc(Br)cc2)C(C(=O)Sc2ccccc2)C(C)Sc2ccccc2)cc1. The lowest BCUT2D eigenvalue weighted by molar-refractivity contribution is -0.115. The molecule has 0 bridgehead atoms. The molecule has 196 valence electrons. The quantitative estimate of drug-likeness (QED) is 0.182. The first-order chi connectivity index (χ1) is 18.2. The van der Waals surface area contributed by atoms with Gasteiger partial charge in [-0.15, -0.1) is 11.8 Å². The monoisotopic (exact) mass is 625 g/mol. The first-order valence-electron chi connectivity index (χ1n) is 12.1. The molecule has 4 aromatic rings. The van der Waals surface area contributed by atoms with Gasteiger partial charge >= 0.3 is 0 Å². The average molecular weight is 627 g/mol. The Bertz CT molecular complexity index is 1450. The van der Waals surface area contributed by atoms with Gasteiger partial charge < -0.3 is 0 Å². The van der Waals surface area contributed by atoms with Crippen molar-refractivity contribution in [3.05, 3.63) is 125 Å². The molecule has 0 spiro atoms. The van der Waals surface area contributed by atoms with Crippen LogP contribution in [0.25, 0.3) is 0 Å². The zero-order chi connectivity index (χ0) is 27.1. The summed E-state index contributed by atoms with van der Waals surface area (Å²) < 4.78 is 31.0. The second-order valence-corrected chi connectivity index (χ2v) is 14.0. The number of rotatable bonds is 10. The highest BCUT2D eigenvalue weighted by molar-refractivity contribution is 9.10. The number of carbonyl (C=O) groups is 1. The molecule has 3 atom stereocenters. The first kappa shape index (κ1) is 28.6. The molecule has 0 aliphatic rings. The first-order valence-corrected chi connectivity index (χ1v) is 16.0. The normalized spacial score (nSPS) is 14.0. The highest BCUT2D eigenvalue weighted by Crippen LogP contribution is 2.40.